The number of likely N-dealkylation sites (tertiary alicyclic amines) is 1. The molecule has 0 bridgehead atoms. The van der Waals surface area contributed by atoms with Gasteiger partial charge >= 0.3 is 0 Å². The molecule has 2 N–H and O–H groups in total. The third kappa shape index (κ3) is 1.95. The number of benzene rings is 1. The lowest BCUT2D eigenvalue weighted by Crippen LogP contribution is -2.55. The highest BCUT2D eigenvalue weighted by Crippen LogP contribution is 2.48. The Morgan fingerprint density at radius 1 is 1.33 bits per heavy atom. The number of hydrogen-bond donors (Lipinski definition) is 1. The molecule has 1 fully saturated rings. The van der Waals surface area contributed by atoms with Gasteiger partial charge in [0, 0.05) is 41.1 Å². The maximum Gasteiger partial charge on any atom is 0.125 e. The number of ether oxygens (including phenoxy) is 1. The Bertz CT molecular complexity index is 642. The van der Waals surface area contributed by atoms with Crippen molar-refractivity contribution in [2.24, 2.45) is 11.7 Å². The van der Waals surface area contributed by atoms with Crippen LogP contribution in [0.15, 0.2) is 42.5 Å². The number of nitrogens with zero attached hydrogens (tertiary/aromatic N) is 1. The van der Waals surface area contributed by atoms with Gasteiger partial charge in [-0.1, -0.05) is 29.8 Å². The summed E-state index contributed by atoms with van der Waals surface area (Å²) >= 11 is 6.22. The molecule has 2 aliphatic heterocycles. The molecule has 0 spiro atoms. The summed E-state index contributed by atoms with van der Waals surface area (Å²) in [6.45, 7) is 1.81. The van der Waals surface area contributed by atoms with Gasteiger partial charge in [-0.25, -0.2) is 0 Å². The van der Waals surface area contributed by atoms with Gasteiger partial charge in [-0.2, -0.15) is 0 Å². The highest BCUT2D eigenvalue weighted by atomic mass is 35.5. The number of halogens is 1. The normalized spacial score (nSPS) is 37.4. The van der Waals surface area contributed by atoms with Gasteiger partial charge in [-0.15, -0.1) is 0 Å². The Morgan fingerprint density at radius 3 is 3.00 bits per heavy atom. The van der Waals surface area contributed by atoms with Gasteiger partial charge in [-0.3, -0.25) is 0 Å². The van der Waals surface area contributed by atoms with Gasteiger partial charge in [0.15, 0.2) is 0 Å². The van der Waals surface area contributed by atoms with Crippen LogP contribution >= 0.6 is 11.6 Å². The zero-order valence-electron chi connectivity index (χ0n) is 12.0. The Morgan fingerprint density at radius 2 is 2.14 bits per heavy atom. The van der Waals surface area contributed by atoms with Gasteiger partial charge < -0.3 is 15.4 Å². The van der Waals surface area contributed by atoms with Crippen LogP contribution in [0.25, 0.3) is 0 Å². The van der Waals surface area contributed by atoms with Gasteiger partial charge in [0.1, 0.15) is 11.9 Å². The van der Waals surface area contributed by atoms with E-state index < -0.39 is 0 Å². The summed E-state index contributed by atoms with van der Waals surface area (Å²) in [5.41, 5.74) is 7.75. The number of fused-ring (bicyclic) bond motifs is 5. The number of rotatable bonds is 0. The maximum atomic E-state index is 6.92. The van der Waals surface area contributed by atoms with Crippen LogP contribution in [0.4, 0.5) is 0 Å². The van der Waals surface area contributed by atoms with E-state index in [1.54, 1.807) is 0 Å². The molecule has 4 atom stereocenters. The van der Waals surface area contributed by atoms with E-state index in [4.69, 9.17) is 22.1 Å². The standard InChI is InChI=1S/C17H19ClN2O/c1-20-9-14-12-8-11(18)6-7-15(12)21-16-5-3-2-4-13(16)17(14,19)10-20/h2-8,13-14,16H,9-10,19H2,1H3/t13?,14-,16?,17?/m1/s1. The topological polar surface area (TPSA) is 38.5 Å². The summed E-state index contributed by atoms with van der Waals surface area (Å²) in [7, 11) is 2.13. The van der Waals surface area contributed by atoms with E-state index in [9.17, 15) is 0 Å². The Labute approximate surface area is 130 Å². The van der Waals surface area contributed by atoms with E-state index in [1.165, 1.54) is 0 Å². The lowest BCUT2D eigenvalue weighted by Gasteiger charge is -2.38. The summed E-state index contributed by atoms with van der Waals surface area (Å²) in [5.74, 6) is 1.34. The zero-order chi connectivity index (χ0) is 14.6. The largest absolute Gasteiger partial charge is 0.485 e. The summed E-state index contributed by atoms with van der Waals surface area (Å²) < 4.78 is 6.26. The second-order valence-corrected chi connectivity index (χ2v) is 6.86. The quantitative estimate of drug-likeness (QED) is 0.800. The molecule has 110 valence electrons. The molecule has 21 heavy (non-hydrogen) atoms. The van der Waals surface area contributed by atoms with E-state index in [2.05, 4.69) is 30.2 Å². The van der Waals surface area contributed by atoms with Gasteiger partial charge in [-0.05, 0) is 31.3 Å². The molecule has 0 saturated carbocycles. The fourth-order valence-corrected chi connectivity index (χ4v) is 4.26. The van der Waals surface area contributed by atoms with Crippen molar-refractivity contribution in [3.05, 3.63) is 53.1 Å². The van der Waals surface area contributed by atoms with E-state index in [-0.39, 0.29) is 23.5 Å². The average molecular weight is 303 g/mol. The highest BCUT2D eigenvalue weighted by molar-refractivity contribution is 6.30. The van der Waals surface area contributed by atoms with Gasteiger partial charge in [0.2, 0.25) is 0 Å². The molecular formula is C17H19ClN2O. The SMILES string of the molecule is CN1C[C@@H]2c3cc(Cl)ccc3OC3C=CC=CC3C2(N)C1. The molecule has 1 saturated heterocycles. The van der Waals surface area contributed by atoms with Crippen LogP contribution < -0.4 is 10.5 Å². The monoisotopic (exact) mass is 302 g/mol. The van der Waals surface area contributed by atoms with Crippen LogP contribution in [0.2, 0.25) is 5.02 Å². The first-order chi connectivity index (χ1) is 10.1. The smallest absolute Gasteiger partial charge is 0.125 e. The van der Waals surface area contributed by atoms with E-state index in [0.29, 0.717) is 0 Å². The van der Waals surface area contributed by atoms with Crippen LogP contribution in [0.5, 0.6) is 5.75 Å². The van der Waals surface area contributed by atoms with Crippen LogP contribution in [0.3, 0.4) is 0 Å². The minimum atomic E-state index is -0.323. The Balaban J connectivity index is 1.91. The molecule has 1 aliphatic carbocycles. The second-order valence-electron chi connectivity index (χ2n) is 6.42. The van der Waals surface area contributed by atoms with Crippen molar-refractivity contribution in [2.45, 2.75) is 17.6 Å². The molecule has 3 nitrogen and oxygen atoms in total. The van der Waals surface area contributed by atoms with Crippen LogP contribution in [-0.4, -0.2) is 36.7 Å². The van der Waals surface area contributed by atoms with Crippen molar-refractivity contribution in [3.8, 4) is 5.75 Å². The fourth-order valence-electron chi connectivity index (χ4n) is 4.08. The van der Waals surface area contributed by atoms with Crippen molar-refractivity contribution in [1.82, 2.24) is 4.90 Å². The molecular weight excluding hydrogens is 284 g/mol. The third-order valence-corrected chi connectivity index (χ3v) is 5.24. The Hall–Kier alpha value is -1.29. The van der Waals surface area contributed by atoms with Crippen molar-refractivity contribution in [3.63, 3.8) is 0 Å². The highest BCUT2D eigenvalue weighted by Gasteiger charge is 2.53. The van der Waals surface area contributed by atoms with Crippen molar-refractivity contribution >= 4 is 11.6 Å². The van der Waals surface area contributed by atoms with Crippen LogP contribution in [0, 0.1) is 5.92 Å². The first-order valence-electron chi connectivity index (χ1n) is 7.36. The summed E-state index contributed by atoms with van der Waals surface area (Å²) in [6.07, 6.45) is 8.43. The Kier molecular flexibility index (Phi) is 2.93. The van der Waals surface area contributed by atoms with Gasteiger partial charge in [0.25, 0.3) is 0 Å². The molecule has 0 aromatic heterocycles. The van der Waals surface area contributed by atoms with Crippen LogP contribution in [-0.2, 0) is 0 Å². The molecule has 4 heteroatoms. The first kappa shape index (κ1) is 13.4. The summed E-state index contributed by atoms with van der Waals surface area (Å²) in [4.78, 5) is 2.31. The molecule has 2 heterocycles. The molecule has 0 amide bonds. The minimum absolute atomic E-state index is 0.00331. The average Bonchev–Trinajstić information content (AvgIpc) is 2.73. The zero-order valence-corrected chi connectivity index (χ0v) is 12.8. The van der Waals surface area contributed by atoms with E-state index >= 15 is 0 Å². The molecule has 3 unspecified atom stereocenters. The molecule has 1 aromatic rings. The maximum absolute atomic E-state index is 6.92. The van der Waals surface area contributed by atoms with Crippen molar-refractivity contribution < 1.29 is 4.74 Å². The number of nitrogens with two attached hydrogens (primary N) is 1. The number of hydrogen-bond acceptors (Lipinski definition) is 3. The fraction of sp³-hybridized carbons (Fsp3) is 0.412. The third-order valence-electron chi connectivity index (χ3n) is 5.00. The van der Waals surface area contributed by atoms with E-state index in [0.717, 1.165) is 29.4 Å². The van der Waals surface area contributed by atoms with Crippen LogP contribution in [0.1, 0.15) is 11.5 Å². The molecule has 0 radical (unpaired) electrons. The van der Waals surface area contributed by atoms with Crippen molar-refractivity contribution in [2.75, 3.05) is 20.1 Å². The number of allylic oxidation sites excluding steroid dienone is 2. The first-order valence-corrected chi connectivity index (χ1v) is 7.74. The molecule has 4 rings (SSSR count). The predicted octanol–water partition coefficient (Wildman–Crippen LogP) is 2.57. The lowest BCUT2D eigenvalue weighted by molar-refractivity contribution is 0.153. The van der Waals surface area contributed by atoms with E-state index in [1.807, 2.05) is 24.3 Å². The van der Waals surface area contributed by atoms with Gasteiger partial charge in [0.05, 0.1) is 0 Å². The summed E-state index contributed by atoms with van der Waals surface area (Å²) in [6, 6.07) is 5.89. The lowest BCUT2D eigenvalue weighted by atomic mass is 9.71. The molecule has 3 aliphatic rings. The predicted molar refractivity (Wildman–Crippen MR) is 84.8 cm³/mol. The minimum Gasteiger partial charge on any atom is -0.485 e. The number of likely N-dealkylation sites (N-methyl/N-ethyl adjacent to an activating group) is 1. The van der Waals surface area contributed by atoms with Crippen molar-refractivity contribution in [1.29, 1.82) is 0 Å². The summed E-state index contributed by atoms with van der Waals surface area (Å²) in [5, 5.41) is 0.741. The second kappa shape index (κ2) is 4.60. The molecule has 1 aromatic carbocycles.